The minimum atomic E-state index is -2.83. The number of halogens is 3. The van der Waals surface area contributed by atoms with Gasteiger partial charge in [-0.3, -0.25) is 14.6 Å². The second-order valence-electron chi connectivity index (χ2n) is 5.80. The van der Waals surface area contributed by atoms with E-state index in [2.05, 4.69) is 9.64 Å². The highest BCUT2D eigenvalue weighted by Gasteiger charge is 2.24. The molecule has 0 saturated carbocycles. The van der Waals surface area contributed by atoms with Gasteiger partial charge in [0.1, 0.15) is 5.75 Å². The number of benzene rings is 1. The van der Waals surface area contributed by atoms with Crippen molar-refractivity contribution >= 4 is 18.4 Å². The van der Waals surface area contributed by atoms with Gasteiger partial charge in [0, 0.05) is 18.2 Å². The van der Waals surface area contributed by atoms with Crippen molar-refractivity contribution < 1.29 is 23.4 Å². The van der Waals surface area contributed by atoms with Gasteiger partial charge in [-0.25, -0.2) is 0 Å². The molecule has 1 fully saturated rings. The molecule has 0 radical (unpaired) electrons. The highest BCUT2D eigenvalue weighted by Crippen LogP contribution is 2.24. The molecule has 1 heterocycles. The van der Waals surface area contributed by atoms with Gasteiger partial charge in [0.05, 0.1) is 6.54 Å². The summed E-state index contributed by atoms with van der Waals surface area (Å²) in [5.41, 5.74) is 0.741. The van der Waals surface area contributed by atoms with E-state index in [0.717, 1.165) is 31.5 Å². The summed E-state index contributed by atoms with van der Waals surface area (Å²) in [6.07, 6.45) is 1.73. The Balaban J connectivity index is 0.00000288. The third-order valence-corrected chi connectivity index (χ3v) is 4.15. The second-order valence-corrected chi connectivity index (χ2v) is 5.80. The number of hydrogen-bond acceptors (Lipinski definition) is 4. The Hall–Kier alpha value is -1.44. The van der Waals surface area contributed by atoms with E-state index in [1.807, 2.05) is 11.9 Å². The average molecular weight is 365 g/mol. The molecule has 0 amide bonds. The molecule has 1 aromatic rings. The molecular formula is C16H23ClF2N2O3. The van der Waals surface area contributed by atoms with Gasteiger partial charge < -0.3 is 9.84 Å². The number of carboxylic acids is 1. The number of hydrogen-bond donors (Lipinski definition) is 1. The Kier molecular flexibility index (Phi) is 8.38. The lowest BCUT2D eigenvalue weighted by Crippen LogP contribution is -2.44. The molecule has 1 N–H and O–H groups in total. The normalized spacial score (nSPS) is 16.2. The van der Waals surface area contributed by atoms with Gasteiger partial charge in [-0.2, -0.15) is 8.78 Å². The molecule has 0 unspecified atom stereocenters. The van der Waals surface area contributed by atoms with Crippen molar-refractivity contribution in [3.05, 3.63) is 29.8 Å². The lowest BCUT2D eigenvalue weighted by Gasteiger charge is -2.36. The summed E-state index contributed by atoms with van der Waals surface area (Å²) < 4.78 is 29.4. The van der Waals surface area contributed by atoms with Crippen molar-refractivity contribution in [2.45, 2.75) is 32.0 Å². The number of carboxylic acid groups (broad SMARTS) is 1. The van der Waals surface area contributed by atoms with E-state index in [4.69, 9.17) is 5.11 Å². The molecule has 1 aromatic carbocycles. The Morgan fingerprint density at radius 3 is 2.58 bits per heavy atom. The predicted molar refractivity (Wildman–Crippen MR) is 88.9 cm³/mol. The highest BCUT2D eigenvalue weighted by molar-refractivity contribution is 5.85. The summed E-state index contributed by atoms with van der Waals surface area (Å²) in [6, 6.07) is 7.07. The maximum atomic E-state index is 12.4. The van der Waals surface area contributed by atoms with Crippen LogP contribution in [0.15, 0.2) is 24.3 Å². The van der Waals surface area contributed by atoms with Crippen LogP contribution in [-0.4, -0.2) is 60.2 Å². The molecular weight excluding hydrogens is 342 g/mol. The van der Waals surface area contributed by atoms with Crippen LogP contribution in [0.3, 0.4) is 0 Å². The van der Waals surface area contributed by atoms with Crippen LogP contribution in [0.2, 0.25) is 0 Å². The van der Waals surface area contributed by atoms with E-state index in [-0.39, 0.29) is 30.7 Å². The molecule has 1 saturated heterocycles. The number of rotatable bonds is 7. The summed E-state index contributed by atoms with van der Waals surface area (Å²) >= 11 is 0. The smallest absolute Gasteiger partial charge is 0.387 e. The van der Waals surface area contributed by atoms with Crippen molar-refractivity contribution in [2.24, 2.45) is 0 Å². The molecule has 0 atom stereocenters. The molecule has 0 spiro atoms. The molecule has 2 rings (SSSR count). The van der Waals surface area contributed by atoms with Gasteiger partial charge in [-0.05, 0) is 39.0 Å². The third kappa shape index (κ3) is 6.22. The summed E-state index contributed by atoms with van der Waals surface area (Å²) in [4.78, 5) is 14.8. The second kappa shape index (κ2) is 9.76. The van der Waals surface area contributed by atoms with E-state index in [1.54, 1.807) is 24.3 Å². The fourth-order valence-electron chi connectivity index (χ4n) is 2.95. The van der Waals surface area contributed by atoms with Crippen LogP contribution in [0.25, 0.3) is 0 Å². The van der Waals surface area contributed by atoms with Crippen molar-refractivity contribution in [3.8, 4) is 5.75 Å². The van der Waals surface area contributed by atoms with Crippen molar-refractivity contribution in [3.63, 3.8) is 0 Å². The summed E-state index contributed by atoms with van der Waals surface area (Å²) in [6.45, 7) is -0.630. The maximum Gasteiger partial charge on any atom is 0.387 e. The van der Waals surface area contributed by atoms with Crippen LogP contribution in [0.4, 0.5) is 8.78 Å². The molecule has 1 aliphatic rings. The van der Waals surface area contributed by atoms with E-state index in [1.165, 1.54) is 0 Å². The van der Waals surface area contributed by atoms with Crippen LogP contribution in [-0.2, 0) is 11.3 Å². The summed E-state index contributed by atoms with van der Waals surface area (Å²) in [5.74, 6) is -0.611. The van der Waals surface area contributed by atoms with Crippen molar-refractivity contribution in [2.75, 3.05) is 26.7 Å². The van der Waals surface area contributed by atoms with Crippen molar-refractivity contribution in [1.82, 2.24) is 9.80 Å². The highest BCUT2D eigenvalue weighted by atomic mass is 35.5. The number of piperidine rings is 1. The lowest BCUT2D eigenvalue weighted by atomic mass is 10.0. The monoisotopic (exact) mass is 364 g/mol. The lowest BCUT2D eigenvalue weighted by molar-refractivity contribution is -0.138. The number of nitrogens with zero attached hydrogens (tertiary/aromatic N) is 2. The minimum absolute atomic E-state index is 0. The maximum absolute atomic E-state index is 12.4. The first-order valence-corrected chi connectivity index (χ1v) is 7.63. The number of para-hydroxylation sites is 1. The average Bonchev–Trinajstić information content (AvgIpc) is 2.49. The topological polar surface area (TPSA) is 53.0 Å². The molecule has 136 valence electrons. The zero-order chi connectivity index (χ0) is 16.8. The standard InChI is InChI=1S/C16H22F2N2O3.ClH/c1-19(11-15(21)22)13-6-8-20(9-7-13)10-12-4-2-3-5-14(12)23-16(17)18;/h2-5,13,16H,6-11H2,1H3,(H,21,22);1H. The first-order valence-electron chi connectivity index (χ1n) is 7.63. The molecule has 24 heavy (non-hydrogen) atoms. The van der Waals surface area contributed by atoms with Crippen LogP contribution >= 0.6 is 12.4 Å². The molecule has 0 bridgehead atoms. The Bertz CT molecular complexity index is 526. The van der Waals surface area contributed by atoms with E-state index in [0.29, 0.717) is 6.54 Å². The Morgan fingerprint density at radius 1 is 1.38 bits per heavy atom. The number of likely N-dealkylation sites (N-methyl/N-ethyl adjacent to an activating group) is 1. The molecule has 0 aliphatic carbocycles. The fourth-order valence-corrected chi connectivity index (χ4v) is 2.95. The van der Waals surface area contributed by atoms with Crippen molar-refractivity contribution in [1.29, 1.82) is 0 Å². The molecule has 5 nitrogen and oxygen atoms in total. The number of aliphatic carboxylic acids is 1. The van der Waals surface area contributed by atoms with Gasteiger partial charge in [0.25, 0.3) is 0 Å². The van der Waals surface area contributed by atoms with Crippen LogP contribution < -0.4 is 4.74 Å². The SMILES string of the molecule is CN(CC(=O)O)C1CCN(Cc2ccccc2OC(F)F)CC1.Cl. The van der Waals surface area contributed by atoms with Gasteiger partial charge in [-0.1, -0.05) is 18.2 Å². The van der Waals surface area contributed by atoms with Gasteiger partial charge >= 0.3 is 12.6 Å². The number of likely N-dealkylation sites (tertiary alicyclic amines) is 1. The van der Waals surface area contributed by atoms with Crippen LogP contribution in [0.1, 0.15) is 18.4 Å². The first-order chi connectivity index (χ1) is 11.0. The van der Waals surface area contributed by atoms with Gasteiger partial charge in [-0.15, -0.1) is 12.4 Å². The Labute approximate surface area is 146 Å². The minimum Gasteiger partial charge on any atom is -0.480 e. The summed E-state index contributed by atoms with van der Waals surface area (Å²) in [7, 11) is 1.82. The predicted octanol–water partition coefficient (Wildman–Crippen LogP) is 2.69. The van der Waals surface area contributed by atoms with Gasteiger partial charge in [0.15, 0.2) is 0 Å². The van der Waals surface area contributed by atoms with Gasteiger partial charge in [0.2, 0.25) is 0 Å². The van der Waals surface area contributed by atoms with Crippen LogP contribution in [0.5, 0.6) is 5.75 Å². The summed E-state index contributed by atoms with van der Waals surface area (Å²) in [5, 5.41) is 8.84. The van der Waals surface area contributed by atoms with E-state index >= 15 is 0 Å². The van der Waals surface area contributed by atoms with E-state index in [9.17, 15) is 13.6 Å². The molecule has 8 heteroatoms. The van der Waals surface area contributed by atoms with Crippen LogP contribution in [0, 0.1) is 0 Å². The molecule has 0 aromatic heterocycles. The number of carbonyl (C=O) groups is 1. The zero-order valence-corrected chi connectivity index (χ0v) is 14.3. The number of alkyl halides is 2. The first kappa shape index (κ1) is 20.6. The molecule has 1 aliphatic heterocycles. The zero-order valence-electron chi connectivity index (χ0n) is 13.5. The Morgan fingerprint density at radius 2 is 2.00 bits per heavy atom. The third-order valence-electron chi connectivity index (χ3n) is 4.15. The quantitative estimate of drug-likeness (QED) is 0.806. The fraction of sp³-hybridized carbons (Fsp3) is 0.562. The van der Waals surface area contributed by atoms with E-state index < -0.39 is 12.6 Å². The number of ether oxygens (including phenoxy) is 1. The largest absolute Gasteiger partial charge is 0.480 e.